The summed E-state index contributed by atoms with van der Waals surface area (Å²) in [5.74, 6) is 0.619. The number of halogens is 1. The van der Waals surface area contributed by atoms with Gasteiger partial charge in [-0.1, -0.05) is 71.9 Å². The van der Waals surface area contributed by atoms with Crippen LogP contribution >= 0.6 is 23.4 Å². The second-order valence-corrected chi connectivity index (χ2v) is 13.5. The number of hydrogen-bond acceptors (Lipinski definition) is 7. The Bertz CT molecular complexity index is 1910. The third kappa shape index (κ3) is 6.42. The molecule has 3 heterocycles. The van der Waals surface area contributed by atoms with E-state index in [2.05, 4.69) is 34.5 Å². The number of alkyl carbamates (subject to hydrolysis) is 1. The van der Waals surface area contributed by atoms with Crippen LogP contribution in [0.5, 0.6) is 0 Å². The van der Waals surface area contributed by atoms with E-state index in [4.69, 9.17) is 26.3 Å². The maximum absolute atomic E-state index is 14.0. The van der Waals surface area contributed by atoms with Gasteiger partial charge in [-0.15, -0.1) is 0 Å². The standard InChI is InChI=1S/C33H35ClN6O3S/c1-33(2,3)43-32(42)35-24-13-9-17-39(20-24)30-36-28-27(40(30)19-23-12-7-8-14-26(23)34)29(41)38(4)31(37-28)44-25-16-15-21-10-5-6-11-22(21)18-25/h5-8,10-12,14-16,18,24H,9,13,17,19-20H2,1-4H3,(H,35,42)/t24-/m1/s1. The average molecular weight is 631 g/mol. The van der Waals surface area contributed by atoms with Gasteiger partial charge in [0.15, 0.2) is 16.3 Å². The summed E-state index contributed by atoms with van der Waals surface area (Å²) in [6.45, 7) is 7.12. The summed E-state index contributed by atoms with van der Waals surface area (Å²) in [6.07, 6.45) is 1.21. The minimum atomic E-state index is -0.588. The normalized spacial score (nSPS) is 15.6. The van der Waals surface area contributed by atoms with Crippen LogP contribution in [0.4, 0.5) is 10.7 Å². The molecule has 6 rings (SSSR count). The molecule has 2 aromatic heterocycles. The van der Waals surface area contributed by atoms with E-state index in [9.17, 15) is 9.59 Å². The number of amides is 1. The molecule has 1 atom stereocenters. The molecule has 0 spiro atoms. The number of nitrogens with one attached hydrogen (secondary N) is 1. The van der Waals surface area contributed by atoms with Crippen LogP contribution in [0.3, 0.4) is 0 Å². The van der Waals surface area contributed by atoms with Gasteiger partial charge in [0.1, 0.15) is 5.60 Å². The molecular weight excluding hydrogens is 596 g/mol. The molecule has 1 fully saturated rings. The number of fused-ring (bicyclic) bond motifs is 2. The Labute approximate surface area is 265 Å². The van der Waals surface area contributed by atoms with Crippen molar-refractivity contribution in [3.63, 3.8) is 0 Å². The lowest BCUT2D eigenvalue weighted by Crippen LogP contribution is -2.49. The average Bonchev–Trinajstić information content (AvgIpc) is 3.34. The van der Waals surface area contributed by atoms with Crippen molar-refractivity contribution in [2.45, 2.75) is 61.9 Å². The third-order valence-electron chi connectivity index (χ3n) is 7.57. The fourth-order valence-electron chi connectivity index (χ4n) is 5.50. The maximum atomic E-state index is 14.0. The number of ether oxygens (including phenoxy) is 1. The van der Waals surface area contributed by atoms with Crippen molar-refractivity contribution in [3.8, 4) is 0 Å². The fourth-order valence-corrected chi connectivity index (χ4v) is 6.58. The highest BCUT2D eigenvalue weighted by Crippen LogP contribution is 2.31. The highest BCUT2D eigenvalue weighted by Gasteiger charge is 2.29. The molecule has 3 aromatic carbocycles. The van der Waals surface area contributed by atoms with Crippen molar-refractivity contribution >= 4 is 57.3 Å². The van der Waals surface area contributed by atoms with Gasteiger partial charge >= 0.3 is 6.09 Å². The summed E-state index contributed by atoms with van der Waals surface area (Å²) in [5, 5.41) is 6.44. The Morgan fingerprint density at radius 3 is 2.59 bits per heavy atom. The van der Waals surface area contributed by atoms with Gasteiger partial charge in [0, 0.05) is 36.1 Å². The number of imidazole rings is 1. The lowest BCUT2D eigenvalue weighted by Gasteiger charge is -2.34. The first-order valence-corrected chi connectivity index (χ1v) is 15.9. The number of piperidine rings is 1. The highest BCUT2D eigenvalue weighted by molar-refractivity contribution is 7.99. The SMILES string of the molecule is Cn1c(Sc2ccc3ccccc3c2)nc2nc(N3CCC[C@@H](NC(=O)OC(C)(C)C)C3)n(Cc3ccccc3Cl)c2c1=O. The summed E-state index contributed by atoms with van der Waals surface area (Å²) in [6, 6.07) is 21.8. The Balaban J connectivity index is 1.38. The maximum Gasteiger partial charge on any atom is 0.407 e. The van der Waals surface area contributed by atoms with Crippen molar-refractivity contribution in [2.24, 2.45) is 7.05 Å². The molecule has 0 bridgehead atoms. The lowest BCUT2D eigenvalue weighted by molar-refractivity contribution is 0.0499. The highest BCUT2D eigenvalue weighted by atomic mass is 35.5. The van der Waals surface area contributed by atoms with Gasteiger partial charge in [0.2, 0.25) is 5.95 Å². The van der Waals surface area contributed by atoms with E-state index in [1.165, 1.54) is 11.8 Å². The van der Waals surface area contributed by atoms with Crippen molar-refractivity contribution in [1.82, 2.24) is 24.4 Å². The van der Waals surface area contributed by atoms with Crippen LogP contribution in [0.2, 0.25) is 5.02 Å². The van der Waals surface area contributed by atoms with Gasteiger partial charge in [-0.05, 0) is 68.1 Å². The zero-order chi connectivity index (χ0) is 31.0. The van der Waals surface area contributed by atoms with Gasteiger partial charge in [0.25, 0.3) is 5.56 Å². The van der Waals surface area contributed by atoms with E-state index in [1.54, 1.807) is 11.6 Å². The van der Waals surface area contributed by atoms with E-state index in [-0.39, 0.29) is 11.6 Å². The number of rotatable bonds is 6. The van der Waals surface area contributed by atoms with Crippen LogP contribution < -0.4 is 15.8 Å². The van der Waals surface area contributed by atoms with Crippen LogP contribution in [-0.2, 0) is 18.3 Å². The largest absolute Gasteiger partial charge is 0.444 e. The molecule has 1 aliphatic rings. The second-order valence-electron chi connectivity index (χ2n) is 12.1. The summed E-state index contributed by atoms with van der Waals surface area (Å²) in [7, 11) is 1.74. The minimum Gasteiger partial charge on any atom is -0.444 e. The monoisotopic (exact) mass is 630 g/mol. The molecule has 9 nitrogen and oxygen atoms in total. The molecule has 228 valence electrons. The molecule has 0 saturated carbocycles. The summed E-state index contributed by atoms with van der Waals surface area (Å²) in [5.41, 5.74) is 0.875. The van der Waals surface area contributed by atoms with Crippen LogP contribution in [0, 0.1) is 0 Å². The number of nitrogens with zero attached hydrogens (tertiary/aromatic N) is 5. The predicted molar refractivity (Wildman–Crippen MR) is 176 cm³/mol. The molecule has 1 amide bonds. The minimum absolute atomic E-state index is 0.137. The first-order valence-electron chi connectivity index (χ1n) is 14.7. The first kappa shape index (κ1) is 30.0. The molecule has 0 radical (unpaired) electrons. The van der Waals surface area contributed by atoms with Crippen LogP contribution in [0.15, 0.2) is 81.6 Å². The summed E-state index contributed by atoms with van der Waals surface area (Å²) >= 11 is 8.01. The number of aromatic nitrogens is 4. The molecule has 1 N–H and O–H groups in total. The Kier molecular flexibility index (Phi) is 8.30. The van der Waals surface area contributed by atoms with Crippen LogP contribution in [-0.4, -0.2) is 49.9 Å². The number of carbonyl (C=O) groups is 1. The number of anilines is 1. The molecule has 44 heavy (non-hydrogen) atoms. The van der Waals surface area contributed by atoms with Crippen molar-refractivity contribution in [1.29, 1.82) is 0 Å². The molecule has 1 aliphatic heterocycles. The van der Waals surface area contributed by atoms with Crippen LogP contribution in [0.1, 0.15) is 39.2 Å². The zero-order valence-corrected chi connectivity index (χ0v) is 26.8. The van der Waals surface area contributed by atoms with Crippen molar-refractivity contribution < 1.29 is 9.53 Å². The zero-order valence-electron chi connectivity index (χ0n) is 25.2. The molecule has 1 saturated heterocycles. The predicted octanol–water partition coefficient (Wildman–Crippen LogP) is 6.63. The lowest BCUT2D eigenvalue weighted by atomic mass is 10.1. The van der Waals surface area contributed by atoms with E-state index < -0.39 is 11.7 Å². The van der Waals surface area contributed by atoms with Crippen molar-refractivity contribution in [2.75, 3.05) is 18.0 Å². The summed E-state index contributed by atoms with van der Waals surface area (Å²) < 4.78 is 8.99. The third-order valence-corrected chi connectivity index (χ3v) is 8.97. The molecule has 5 aromatic rings. The number of hydrogen-bond donors (Lipinski definition) is 1. The van der Waals surface area contributed by atoms with Crippen LogP contribution in [0.25, 0.3) is 21.9 Å². The number of carbonyl (C=O) groups excluding carboxylic acids is 1. The molecular formula is C33H35ClN6O3S. The molecule has 0 unspecified atom stereocenters. The number of benzene rings is 3. The van der Waals surface area contributed by atoms with Gasteiger partial charge in [-0.3, -0.25) is 13.9 Å². The topological polar surface area (TPSA) is 94.3 Å². The van der Waals surface area contributed by atoms with Gasteiger partial charge in [-0.2, -0.15) is 4.98 Å². The van der Waals surface area contributed by atoms with E-state index in [0.29, 0.717) is 40.4 Å². The van der Waals surface area contributed by atoms with E-state index in [0.717, 1.165) is 40.6 Å². The first-order chi connectivity index (χ1) is 21.1. The molecule has 0 aliphatic carbocycles. The smallest absolute Gasteiger partial charge is 0.407 e. The van der Waals surface area contributed by atoms with Gasteiger partial charge in [0.05, 0.1) is 6.54 Å². The van der Waals surface area contributed by atoms with Crippen molar-refractivity contribution in [3.05, 3.63) is 87.7 Å². The second kappa shape index (κ2) is 12.2. The Hall–Kier alpha value is -4.02. The molecule has 11 heteroatoms. The Morgan fingerprint density at radius 2 is 1.82 bits per heavy atom. The summed E-state index contributed by atoms with van der Waals surface area (Å²) in [4.78, 5) is 39.5. The van der Waals surface area contributed by atoms with Gasteiger partial charge in [-0.25, -0.2) is 9.78 Å². The fraction of sp³-hybridized carbons (Fsp3) is 0.333. The van der Waals surface area contributed by atoms with Gasteiger partial charge < -0.3 is 15.0 Å². The van der Waals surface area contributed by atoms with E-state index in [1.807, 2.05) is 67.8 Å². The quantitative estimate of drug-likeness (QED) is 0.211. The van der Waals surface area contributed by atoms with E-state index >= 15 is 0 Å². The Morgan fingerprint density at radius 1 is 1.07 bits per heavy atom.